The van der Waals surface area contributed by atoms with Crippen molar-refractivity contribution in [3.8, 4) is 0 Å². The van der Waals surface area contributed by atoms with Crippen LogP contribution in [-0.2, 0) is 0 Å². The van der Waals surface area contributed by atoms with Gasteiger partial charge >= 0.3 is 0 Å². The Bertz CT molecular complexity index is 317. The lowest BCUT2D eigenvalue weighted by molar-refractivity contribution is 0.169. The monoisotopic (exact) mass is 220 g/mol. The smallest absolute Gasteiger partial charge is 0.0957 e. The van der Waals surface area contributed by atoms with Gasteiger partial charge in [0.15, 0.2) is 0 Å². The van der Waals surface area contributed by atoms with Crippen molar-refractivity contribution in [2.45, 2.75) is 38.7 Å². The summed E-state index contributed by atoms with van der Waals surface area (Å²) in [5, 5.41) is 9.65. The molecule has 2 heterocycles. The molecular formula is C13H20N2O. The zero-order chi connectivity index (χ0) is 11.4. The molecule has 0 aromatic carbocycles. The highest BCUT2D eigenvalue weighted by Crippen LogP contribution is 2.21. The Labute approximate surface area is 97.1 Å². The first-order valence-electron chi connectivity index (χ1n) is 6.20. The van der Waals surface area contributed by atoms with Crippen LogP contribution in [0.3, 0.4) is 0 Å². The number of rotatable bonds is 3. The Morgan fingerprint density at radius 1 is 1.31 bits per heavy atom. The van der Waals surface area contributed by atoms with Gasteiger partial charge in [-0.3, -0.25) is 4.98 Å². The predicted molar refractivity (Wildman–Crippen MR) is 65.6 cm³/mol. The van der Waals surface area contributed by atoms with Gasteiger partial charge < -0.3 is 10.0 Å². The average molecular weight is 220 g/mol. The van der Waals surface area contributed by atoms with Crippen LogP contribution in [0.15, 0.2) is 18.3 Å². The Morgan fingerprint density at radius 2 is 2.06 bits per heavy atom. The molecule has 2 rings (SSSR count). The summed E-state index contributed by atoms with van der Waals surface area (Å²) in [6.07, 6.45) is 6.08. The van der Waals surface area contributed by atoms with Crippen LogP contribution in [0.2, 0.25) is 0 Å². The second-order valence-corrected chi connectivity index (χ2v) is 4.41. The quantitative estimate of drug-likeness (QED) is 0.850. The summed E-state index contributed by atoms with van der Waals surface area (Å²) in [5.74, 6) is 0. The molecule has 1 atom stereocenters. The highest BCUT2D eigenvalue weighted by Gasteiger charge is 2.12. The van der Waals surface area contributed by atoms with E-state index in [1.807, 2.05) is 19.2 Å². The molecule has 1 unspecified atom stereocenters. The number of hydrogen-bond donors (Lipinski definition) is 1. The highest BCUT2D eigenvalue weighted by molar-refractivity contribution is 5.44. The summed E-state index contributed by atoms with van der Waals surface area (Å²) in [7, 11) is 0. The summed E-state index contributed by atoms with van der Waals surface area (Å²) in [6.45, 7) is 4.24. The zero-order valence-corrected chi connectivity index (χ0v) is 9.89. The van der Waals surface area contributed by atoms with Gasteiger partial charge in [-0.15, -0.1) is 0 Å². The number of nitrogens with zero attached hydrogens (tertiary/aromatic N) is 2. The van der Waals surface area contributed by atoms with E-state index in [0.717, 1.165) is 25.2 Å². The summed E-state index contributed by atoms with van der Waals surface area (Å²) in [4.78, 5) is 6.71. The standard InChI is InChI=1S/C13H20N2O/c1-2-13(16)12-7-6-11(10-14-12)15-8-4-3-5-9-15/h6-7,10,13,16H,2-5,8-9H2,1H3. The molecule has 1 aliphatic heterocycles. The zero-order valence-electron chi connectivity index (χ0n) is 9.89. The molecule has 16 heavy (non-hydrogen) atoms. The third kappa shape index (κ3) is 2.53. The number of piperidine rings is 1. The van der Waals surface area contributed by atoms with E-state index in [9.17, 15) is 5.11 Å². The first kappa shape index (κ1) is 11.4. The van der Waals surface area contributed by atoms with Crippen molar-refractivity contribution in [2.24, 2.45) is 0 Å². The number of anilines is 1. The van der Waals surface area contributed by atoms with Crippen molar-refractivity contribution in [1.29, 1.82) is 0 Å². The topological polar surface area (TPSA) is 36.4 Å². The van der Waals surface area contributed by atoms with E-state index in [1.54, 1.807) is 0 Å². The van der Waals surface area contributed by atoms with Crippen molar-refractivity contribution in [3.63, 3.8) is 0 Å². The minimum atomic E-state index is -0.421. The minimum Gasteiger partial charge on any atom is -0.387 e. The maximum Gasteiger partial charge on any atom is 0.0957 e. The normalized spacial score (nSPS) is 18.5. The summed E-state index contributed by atoms with van der Waals surface area (Å²) >= 11 is 0. The summed E-state index contributed by atoms with van der Waals surface area (Å²) in [6, 6.07) is 4.02. The van der Waals surface area contributed by atoms with Gasteiger partial charge in [-0.1, -0.05) is 6.92 Å². The van der Waals surface area contributed by atoms with Crippen molar-refractivity contribution in [2.75, 3.05) is 18.0 Å². The van der Waals surface area contributed by atoms with E-state index >= 15 is 0 Å². The molecule has 1 aromatic rings. The first-order valence-corrected chi connectivity index (χ1v) is 6.20. The maximum atomic E-state index is 9.65. The molecule has 1 aromatic heterocycles. The Hall–Kier alpha value is -1.09. The fourth-order valence-corrected chi connectivity index (χ4v) is 2.14. The van der Waals surface area contributed by atoms with Gasteiger partial charge in [0.25, 0.3) is 0 Å². The molecule has 0 spiro atoms. The van der Waals surface area contributed by atoms with Crippen LogP contribution in [0, 0.1) is 0 Å². The largest absolute Gasteiger partial charge is 0.387 e. The number of hydrogen-bond acceptors (Lipinski definition) is 3. The van der Waals surface area contributed by atoms with Gasteiger partial charge in [0.05, 0.1) is 23.7 Å². The molecular weight excluding hydrogens is 200 g/mol. The van der Waals surface area contributed by atoms with E-state index in [0.29, 0.717) is 0 Å². The van der Waals surface area contributed by atoms with E-state index in [1.165, 1.54) is 24.9 Å². The third-order valence-electron chi connectivity index (χ3n) is 3.22. The Kier molecular flexibility index (Phi) is 3.78. The van der Waals surface area contributed by atoms with Crippen LogP contribution in [0.1, 0.15) is 44.4 Å². The van der Waals surface area contributed by atoms with E-state index in [-0.39, 0.29) is 0 Å². The van der Waals surface area contributed by atoms with Gasteiger partial charge in [-0.25, -0.2) is 0 Å². The van der Waals surface area contributed by atoms with Gasteiger partial charge in [0.2, 0.25) is 0 Å². The van der Waals surface area contributed by atoms with Gasteiger partial charge in [-0.05, 0) is 37.8 Å². The molecule has 1 N–H and O–H groups in total. The molecule has 3 nitrogen and oxygen atoms in total. The van der Waals surface area contributed by atoms with E-state index in [2.05, 4.69) is 16.0 Å². The molecule has 1 aliphatic rings. The molecule has 0 aliphatic carbocycles. The Morgan fingerprint density at radius 3 is 2.62 bits per heavy atom. The second-order valence-electron chi connectivity index (χ2n) is 4.41. The molecule has 0 saturated carbocycles. The van der Waals surface area contributed by atoms with Crippen molar-refractivity contribution >= 4 is 5.69 Å². The van der Waals surface area contributed by atoms with Crippen molar-refractivity contribution < 1.29 is 5.11 Å². The van der Waals surface area contributed by atoms with Crippen LogP contribution in [0.4, 0.5) is 5.69 Å². The maximum absolute atomic E-state index is 9.65. The summed E-state index contributed by atoms with van der Waals surface area (Å²) < 4.78 is 0. The van der Waals surface area contributed by atoms with E-state index < -0.39 is 6.10 Å². The molecule has 1 fully saturated rings. The number of aromatic nitrogens is 1. The van der Waals surface area contributed by atoms with Crippen LogP contribution in [0.5, 0.6) is 0 Å². The van der Waals surface area contributed by atoms with Gasteiger partial charge in [-0.2, -0.15) is 0 Å². The molecule has 0 radical (unpaired) electrons. The molecule has 3 heteroatoms. The lowest BCUT2D eigenvalue weighted by Gasteiger charge is -2.28. The second kappa shape index (κ2) is 5.30. The van der Waals surface area contributed by atoms with Crippen LogP contribution in [-0.4, -0.2) is 23.2 Å². The highest BCUT2D eigenvalue weighted by atomic mass is 16.3. The van der Waals surface area contributed by atoms with Crippen molar-refractivity contribution in [1.82, 2.24) is 4.98 Å². The first-order chi connectivity index (χ1) is 7.81. The van der Waals surface area contributed by atoms with Crippen LogP contribution < -0.4 is 4.90 Å². The van der Waals surface area contributed by atoms with Crippen LogP contribution in [0.25, 0.3) is 0 Å². The summed E-state index contributed by atoms with van der Waals surface area (Å²) in [5.41, 5.74) is 1.97. The number of pyridine rings is 1. The Balaban J connectivity index is 2.06. The van der Waals surface area contributed by atoms with Crippen molar-refractivity contribution in [3.05, 3.63) is 24.0 Å². The SMILES string of the molecule is CCC(O)c1ccc(N2CCCCC2)cn1. The van der Waals surface area contributed by atoms with Gasteiger partial charge in [0.1, 0.15) is 0 Å². The number of aliphatic hydroxyl groups excluding tert-OH is 1. The molecule has 0 bridgehead atoms. The lowest BCUT2D eigenvalue weighted by Crippen LogP contribution is -2.29. The number of aliphatic hydroxyl groups is 1. The average Bonchev–Trinajstić information content (AvgIpc) is 2.39. The fraction of sp³-hybridized carbons (Fsp3) is 0.615. The molecule has 1 saturated heterocycles. The predicted octanol–water partition coefficient (Wildman–Crippen LogP) is 2.52. The van der Waals surface area contributed by atoms with Crippen LogP contribution >= 0.6 is 0 Å². The molecule has 88 valence electrons. The molecule has 0 amide bonds. The lowest BCUT2D eigenvalue weighted by atomic mass is 10.1. The third-order valence-corrected chi connectivity index (χ3v) is 3.22. The fourth-order valence-electron chi connectivity index (χ4n) is 2.14. The van der Waals surface area contributed by atoms with Gasteiger partial charge in [0, 0.05) is 13.1 Å². The van der Waals surface area contributed by atoms with E-state index in [4.69, 9.17) is 0 Å². The minimum absolute atomic E-state index is 0.421.